The average molecular weight is 408 g/mol. The number of nitrogens with zero attached hydrogens (tertiary/aromatic N) is 1. The average Bonchev–Trinajstić information content (AvgIpc) is 2.61. The van der Waals surface area contributed by atoms with Crippen LogP contribution in [0.4, 0.5) is 13.2 Å². The second-order valence-corrected chi connectivity index (χ2v) is 8.71. The number of alkyl halides is 3. The fourth-order valence-corrected chi connectivity index (χ4v) is 5.18. The van der Waals surface area contributed by atoms with Gasteiger partial charge in [-0.25, -0.2) is 8.42 Å². The van der Waals surface area contributed by atoms with E-state index in [1.54, 1.807) is 12.1 Å². The van der Waals surface area contributed by atoms with Crippen molar-refractivity contribution in [1.82, 2.24) is 9.62 Å². The maximum Gasteiger partial charge on any atom is 0.573 e. The molecule has 9 heteroatoms. The number of para-hydroxylation sites is 1. The zero-order valence-corrected chi connectivity index (χ0v) is 16.3. The Labute approximate surface area is 158 Å². The van der Waals surface area contributed by atoms with E-state index >= 15 is 0 Å². The molecule has 5 nitrogen and oxygen atoms in total. The van der Waals surface area contributed by atoms with Gasteiger partial charge in [0, 0.05) is 12.6 Å². The summed E-state index contributed by atoms with van der Waals surface area (Å²) >= 11 is 0. The molecule has 0 radical (unpaired) electrons. The van der Waals surface area contributed by atoms with E-state index in [0.29, 0.717) is 24.8 Å². The topological polar surface area (TPSA) is 58.6 Å². The molecule has 0 saturated carbocycles. The third-order valence-corrected chi connectivity index (χ3v) is 6.63. The van der Waals surface area contributed by atoms with Gasteiger partial charge in [-0.2, -0.15) is 4.31 Å². The largest absolute Gasteiger partial charge is 0.573 e. The highest BCUT2D eigenvalue weighted by molar-refractivity contribution is 7.89. The first-order chi connectivity index (χ1) is 12.7. The lowest BCUT2D eigenvalue weighted by Gasteiger charge is -2.34. The van der Waals surface area contributed by atoms with Crippen molar-refractivity contribution in [2.24, 2.45) is 0 Å². The van der Waals surface area contributed by atoms with Crippen molar-refractivity contribution >= 4 is 10.0 Å². The Bertz CT molecular complexity index is 689. The smallest absolute Gasteiger partial charge is 0.406 e. The molecule has 1 saturated heterocycles. The summed E-state index contributed by atoms with van der Waals surface area (Å²) in [6, 6.07) is 5.76. The number of unbranched alkanes of at least 4 members (excludes halogenated alkanes) is 1. The van der Waals surface area contributed by atoms with Crippen molar-refractivity contribution in [3.05, 3.63) is 29.8 Å². The number of benzene rings is 1. The third kappa shape index (κ3) is 6.97. The first-order valence-corrected chi connectivity index (χ1v) is 10.9. The summed E-state index contributed by atoms with van der Waals surface area (Å²) in [5.74, 6) is -0.213. The van der Waals surface area contributed by atoms with Crippen LogP contribution in [0.2, 0.25) is 0 Å². The number of piperidine rings is 1. The zero-order chi connectivity index (χ0) is 19.9. The second-order valence-electron chi connectivity index (χ2n) is 6.67. The molecule has 0 unspecified atom stereocenters. The Morgan fingerprint density at radius 2 is 1.89 bits per heavy atom. The number of sulfonamides is 1. The van der Waals surface area contributed by atoms with E-state index in [1.807, 2.05) is 6.92 Å². The first-order valence-electron chi connectivity index (χ1n) is 9.27. The molecule has 1 heterocycles. The lowest BCUT2D eigenvalue weighted by Crippen LogP contribution is -2.47. The Morgan fingerprint density at radius 3 is 2.52 bits per heavy atom. The van der Waals surface area contributed by atoms with E-state index in [2.05, 4.69) is 10.1 Å². The van der Waals surface area contributed by atoms with Gasteiger partial charge >= 0.3 is 6.36 Å². The van der Waals surface area contributed by atoms with Crippen molar-refractivity contribution in [1.29, 1.82) is 0 Å². The molecule has 1 fully saturated rings. The quantitative estimate of drug-likeness (QED) is 0.681. The molecule has 0 aromatic heterocycles. The lowest BCUT2D eigenvalue weighted by atomic mass is 10.1. The molecule has 27 heavy (non-hydrogen) atoms. The van der Waals surface area contributed by atoms with Gasteiger partial charge in [-0.1, -0.05) is 31.5 Å². The number of ether oxygens (including phenoxy) is 1. The SMILES string of the molecule is CCCCS(=O)(=O)N(CCc1ccccc1OC(F)(F)F)C1CCNCC1. The molecule has 0 atom stereocenters. The molecular weight excluding hydrogens is 381 g/mol. The van der Waals surface area contributed by atoms with Crippen molar-refractivity contribution < 1.29 is 26.3 Å². The van der Waals surface area contributed by atoms with Gasteiger partial charge in [-0.05, 0) is 50.4 Å². The van der Waals surface area contributed by atoms with Crippen LogP contribution in [-0.2, 0) is 16.4 Å². The van der Waals surface area contributed by atoms with Gasteiger partial charge in [0.25, 0.3) is 0 Å². The number of hydrogen-bond donors (Lipinski definition) is 1. The maximum atomic E-state index is 12.8. The predicted molar refractivity (Wildman–Crippen MR) is 98.1 cm³/mol. The van der Waals surface area contributed by atoms with Gasteiger partial charge in [0.2, 0.25) is 10.0 Å². The molecule has 1 aromatic rings. The lowest BCUT2D eigenvalue weighted by molar-refractivity contribution is -0.274. The highest BCUT2D eigenvalue weighted by Crippen LogP contribution is 2.27. The van der Waals surface area contributed by atoms with E-state index in [0.717, 1.165) is 19.5 Å². The molecule has 154 valence electrons. The Hall–Kier alpha value is -1.32. The van der Waals surface area contributed by atoms with E-state index < -0.39 is 16.4 Å². The van der Waals surface area contributed by atoms with Crippen LogP contribution in [0, 0.1) is 0 Å². The van der Waals surface area contributed by atoms with Gasteiger partial charge in [0.1, 0.15) is 5.75 Å². The van der Waals surface area contributed by atoms with Crippen molar-refractivity contribution in [3.63, 3.8) is 0 Å². The van der Waals surface area contributed by atoms with Gasteiger partial charge in [-0.15, -0.1) is 13.2 Å². The molecule has 0 aliphatic carbocycles. The summed E-state index contributed by atoms with van der Waals surface area (Å²) in [5, 5.41) is 3.21. The minimum absolute atomic E-state index is 0.0636. The van der Waals surface area contributed by atoms with E-state index in [1.165, 1.54) is 16.4 Å². The third-order valence-electron chi connectivity index (χ3n) is 4.63. The predicted octanol–water partition coefficient (Wildman–Crippen LogP) is 3.31. The monoisotopic (exact) mass is 408 g/mol. The van der Waals surface area contributed by atoms with Gasteiger partial charge in [0.05, 0.1) is 5.75 Å². The highest BCUT2D eigenvalue weighted by Gasteiger charge is 2.33. The fourth-order valence-electron chi connectivity index (χ4n) is 3.25. The van der Waals surface area contributed by atoms with Crippen molar-refractivity contribution in [2.45, 2.75) is 51.4 Å². The minimum Gasteiger partial charge on any atom is -0.406 e. The minimum atomic E-state index is -4.78. The summed E-state index contributed by atoms with van der Waals surface area (Å²) in [7, 11) is -3.46. The van der Waals surface area contributed by atoms with Crippen LogP contribution in [0.3, 0.4) is 0 Å². The van der Waals surface area contributed by atoms with E-state index in [9.17, 15) is 21.6 Å². The van der Waals surface area contributed by atoms with Gasteiger partial charge in [-0.3, -0.25) is 0 Å². The molecule has 1 aliphatic rings. The zero-order valence-electron chi connectivity index (χ0n) is 15.5. The molecule has 1 aromatic carbocycles. The number of hydrogen-bond acceptors (Lipinski definition) is 4. The number of rotatable bonds is 9. The molecule has 0 spiro atoms. The van der Waals surface area contributed by atoms with Gasteiger partial charge < -0.3 is 10.1 Å². The Balaban J connectivity index is 2.16. The molecule has 0 bridgehead atoms. The van der Waals surface area contributed by atoms with Crippen LogP contribution < -0.4 is 10.1 Å². The second kappa shape index (κ2) is 9.75. The standard InChI is InChI=1S/C18H27F3N2O3S/c1-2-3-14-27(24,25)23(16-8-11-22-12-9-16)13-10-15-6-4-5-7-17(15)26-18(19,20)21/h4-7,16,22H,2-3,8-14H2,1H3. The van der Waals surface area contributed by atoms with Crippen LogP contribution in [0.1, 0.15) is 38.2 Å². The van der Waals surface area contributed by atoms with Gasteiger partial charge in [0.15, 0.2) is 0 Å². The van der Waals surface area contributed by atoms with Crippen LogP contribution in [-0.4, -0.2) is 50.5 Å². The van der Waals surface area contributed by atoms with Crippen LogP contribution in [0.5, 0.6) is 5.75 Å². The Morgan fingerprint density at radius 1 is 1.22 bits per heavy atom. The highest BCUT2D eigenvalue weighted by atomic mass is 32.2. The summed E-state index contributed by atoms with van der Waals surface area (Å²) in [6.07, 6.45) is -1.88. The van der Waals surface area contributed by atoms with E-state index in [4.69, 9.17) is 0 Å². The van der Waals surface area contributed by atoms with Crippen molar-refractivity contribution in [2.75, 3.05) is 25.4 Å². The summed E-state index contributed by atoms with van der Waals surface area (Å²) in [6.45, 7) is 3.54. The van der Waals surface area contributed by atoms with Crippen molar-refractivity contribution in [3.8, 4) is 5.75 Å². The summed E-state index contributed by atoms with van der Waals surface area (Å²) < 4.78 is 69.0. The molecule has 2 rings (SSSR count). The summed E-state index contributed by atoms with van der Waals surface area (Å²) in [4.78, 5) is 0. The fraction of sp³-hybridized carbons (Fsp3) is 0.667. The molecule has 1 aliphatic heterocycles. The number of nitrogens with one attached hydrogen (secondary N) is 1. The molecule has 1 N–H and O–H groups in total. The maximum absolute atomic E-state index is 12.8. The Kier molecular flexibility index (Phi) is 7.93. The van der Waals surface area contributed by atoms with Crippen LogP contribution in [0.15, 0.2) is 24.3 Å². The number of halogens is 3. The molecular formula is C18H27F3N2O3S. The normalized spacial score (nSPS) is 16.6. The van der Waals surface area contributed by atoms with Crippen LogP contribution in [0.25, 0.3) is 0 Å². The summed E-state index contributed by atoms with van der Waals surface area (Å²) in [5.41, 5.74) is 0.347. The molecule has 0 amide bonds. The van der Waals surface area contributed by atoms with Crippen LogP contribution >= 0.6 is 0 Å². The van der Waals surface area contributed by atoms with E-state index in [-0.39, 0.29) is 30.5 Å². The first kappa shape index (κ1) is 22.0.